The average molecular weight is 233 g/mol. The molecule has 0 saturated heterocycles. The maximum Gasteiger partial charge on any atom is 0.127 e. The van der Waals surface area contributed by atoms with Crippen LogP contribution in [0.2, 0.25) is 0 Å². The Labute approximate surface area is 95.6 Å². The molecule has 1 aromatic rings. The minimum Gasteiger partial charge on any atom is -0.285 e. The molecule has 0 atom stereocenters. The molecular formula is C10H7N3S2. The molecule has 3 heterocycles. The number of hydrogen-bond acceptors (Lipinski definition) is 4. The summed E-state index contributed by atoms with van der Waals surface area (Å²) < 4.78 is 2.16. The van der Waals surface area contributed by atoms with E-state index < -0.39 is 0 Å². The van der Waals surface area contributed by atoms with Gasteiger partial charge in [-0.2, -0.15) is 0 Å². The lowest BCUT2D eigenvalue weighted by Crippen LogP contribution is -2.09. The van der Waals surface area contributed by atoms with Gasteiger partial charge < -0.3 is 0 Å². The largest absolute Gasteiger partial charge is 0.285 e. The van der Waals surface area contributed by atoms with E-state index in [9.17, 15) is 0 Å². The van der Waals surface area contributed by atoms with E-state index in [1.807, 2.05) is 18.6 Å². The number of hydrogen-bond donors (Lipinski definition) is 0. The van der Waals surface area contributed by atoms with Crippen molar-refractivity contribution in [2.75, 3.05) is 6.54 Å². The van der Waals surface area contributed by atoms with Gasteiger partial charge in [0.1, 0.15) is 9.66 Å². The number of fused-ring (bicyclic) bond motifs is 3. The average Bonchev–Trinajstić information content (AvgIpc) is 2.46. The van der Waals surface area contributed by atoms with Crippen LogP contribution in [-0.2, 0) is 6.42 Å². The first-order valence-corrected chi connectivity index (χ1v) is 5.82. The van der Waals surface area contributed by atoms with Crippen molar-refractivity contribution in [2.24, 2.45) is 15.0 Å². The minimum atomic E-state index is 0.531. The molecule has 3 rings (SSSR count). The van der Waals surface area contributed by atoms with Crippen LogP contribution in [0.4, 0.5) is 0 Å². The third kappa shape index (κ3) is 1.48. The summed E-state index contributed by atoms with van der Waals surface area (Å²) in [5, 5.41) is 0. The fraction of sp³-hybridized carbons (Fsp3) is 0.200. The lowest BCUT2D eigenvalue weighted by molar-refractivity contribution is 1.30. The molecule has 0 bridgehead atoms. The molecule has 15 heavy (non-hydrogen) atoms. The zero-order valence-corrected chi connectivity index (χ0v) is 9.44. The Kier molecular flexibility index (Phi) is 2.07. The quantitative estimate of drug-likeness (QED) is 0.601. The molecule has 3 nitrogen and oxygen atoms in total. The first-order chi connectivity index (χ1) is 7.34. The second-order valence-corrected chi connectivity index (χ2v) is 4.81. The topological polar surface area (TPSA) is 37.1 Å². The van der Waals surface area contributed by atoms with Crippen molar-refractivity contribution in [1.82, 2.24) is 0 Å². The van der Waals surface area contributed by atoms with Gasteiger partial charge >= 0.3 is 0 Å². The lowest BCUT2D eigenvalue weighted by atomic mass is 10.1. The van der Waals surface area contributed by atoms with Gasteiger partial charge in [0.15, 0.2) is 0 Å². The third-order valence-electron chi connectivity index (χ3n) is 2.33. The molecule has 0 N–H and O–H groups in total. The second-order valence-electron chi connectivity index (χ2n) is 3.30. The third-order valence-corrected chi connectivity index (χ3v) is 3.62. The Morgan fingerprint density at radius 3 is 3.27 bits per heavy atom. The molecule has 0 radical (unpaired) electrons. The summed E-state index contributed by atoms with van der Waals surface area (Å²) in [4.78, 5) is 13.5. The first-order valence-electron chi connectivity index (χ1n) is 4.59. The van der Waals surface area contributed by atoms with Crippen LogP contribution >= 0.6 is 23.6 Å². The lowest BCUT2D eigenvalue weighted by Gasteiger charge is -1.97. The highest BCUT2D eigenvalue weighted by Gasteiger charge is 2.12. The SMILES string of the molecule is S=C1CN=Cc2c3c(sc2=N1)=CN=CC3. The number of thiocarbonyl (C=S) groups is 1. The zero-order valence-electron chi connectivity index (χ0n) is 7.80. The van der Waals surface area contributed by atoms with Crippen LogP contribution in [0, 0.1) is 0 Å². The van der Waals surface area contributed by atoms with Gasteiger partial charge in [0, 0.05) is 30.6 Å². The van der Waals surface area contributed by atoms with Crippen molar-refractivity contribution in [2.45, 2.75) is 6.42 Å². The predicted molar refractivity (Wildman–Crippen MR) is 66.8 cm³/mol. The zero-order chi connectivity index (χ0) is 10.3. The van der Waals surface area contributed by atoms with Gasteiger partial charge in [0.2, 0.25) is 0 Å². The summed E-state index contributed by atoms with van der Waals surface area (Å²) in [7, 11) is 0. The molecular weight excluding hydrogens is 226 g/mol. The summed E-state index contributed by atoms with van der Waals surface area (Å²) in [5.41, 5.74) is 2.40. The molecule has 0 amide bonds. The van der Waals surface area contributed by atoms with Crippen LogP contribution in [0.25, 0.3) is 6.20 Å². The Hall–Kier alpha value is -1.20. The van der Waals surface area contributed by atoms with E-state index in [1.54, 1.807) is 11.3 Å². The van der Waals surface area contributed by atoms with Gasteiger partial charge in [0.05, 0.1) is 11.1 Å². The van der Waals surface area contributed by atoms with Crippen molar-refractivity contribution >= 4 is 47.2 Å². The van der Waals surface area contributed by atoms with Gasteiger partial charge in [-0.1, -0.05) is 12.2 Å². The van der Waals surface area contributed by atoms with Crippen LogP contribution in [0.1, 0.15) is 11.1 Å². The van der Waals surface area contributed by atoms with Crippen LogP contribution in [0.3, 0.4) is 0 Å². The van der Waals surface area contributed by atoms with Crippen molar-refractivity contribution in [3.05, 3.63) is 20.3 Å². The summed E-state index contributed by atoms with van der Waals surface area (Å²) in [6.07, 6.45) is 6.54. The van der Waals surface area contributed by atoms with E-state index in [4.69, 9.17) is 12.2 Å². The molecule has 0 spiro atoms. The molecule has 2 aliphatic heterocycles. The highest BCUT2D eigenvalue weighted by atomic mass is 32.1. The molecule has 0 unspecified atom stereocenters. The second kappa shape index (κ2) is 3.43. The molecule has 2 aliphatic rings. The molecule has 74 valence electrons. The molecule has 0 fully saturated rings. The summed E-state index contributed by atoms with van der Waals surface area (Å²) in [6, 6.07) is 0. The number of nitrogens with zero attached hydrogens (tertiary/aromatic N) is 3. The Morgan fingerprint density at radius 1 is 1.40 bits per heavy atom. The molecule has 1 aromatic heterocycles. The van der Waals surface area contributed by atoms with Gasteiger partial charge in [-0.3, -0.25) is 9.98 Å². The van der Waals surface area contributed by atoms with E-state index >= 15 is 0 Å². The van der Waals surface area contributed by atoms with E-state index in [0.717, 1.165) is 16.7 Å². The number of thiophene rings is 1. The van der Waals surface area contributed by atoms with Crippen LogP contribution in [0.15, 0.2) is 15.0 Å². The highest BCUT2D eigenvalue weighted by Crippen LogP contribution is 2.06. The normalized spacial score (nSPS) is 17.5. The smallest absolute Gasteiger partial charge is 0.127 e. The van der Waals surface area contributed by atoms with Crippen molar-refractivity contribution in [1.29, 1.82) is 0 Å². The summed E-state index contributed by atoms with van der Waals surface area (Å²) in [5.74, 6) is 0. The fourth-order valence-corrected chi connectivity index (χ4v) is 2.95. The van der Waals surface area contributed by atoms with Gasteiger partial charge in [-0.05, 0) is 5.56 Å². The van der Waals surface area contributed by atoms with Crippen molar-refractivity contribution in [3.8, 4) is 0 Å². The monoisotopic (exact) mass is 233 g/mol. The fourth-order valence-electron chi connectivity index (χ4n) is 1.64. The Balaban J connectivity index is 2.37. The van der Waals surface area contributed by atoms with Gasteiger partial charge in [0.25, 0.3) is 0 Å². The van der Waals surface area contributed by atoms with Crippen molar-refractivity contribution < 1.29 is 0 Å². The molecule has 0 saturated carbocycles. The van der Waals surface area contributed by atoms with Gasteiger partial charge in [-0.15, -0.1) is 11.3 Å². The van der Waals surface area contributed by atoms with Crippen LogP contribution < -0.4 is 9.20 Å². The van der Waals surface area contributed by atoms with Gasteiger partial charge in [-0.25, -0.2) is 4.99 Å². The van der Waals surface area contributed by atoms with E-state index in [0.29, 0.717) is 11.5 Å². The summed E-state index contributed by atoms with van der Waals surface area (Å²) in [6.45, 7) is 0.531. The van der Waals surface area contributed by atoms with Crippen molar-refractivity contribution in [3.63, 3.8) is 0 Å². The predicted octanol–water partition coefficient (Wildman–Crippen LogP) is 0.493. The molecule has 5 heteroatoms. The minimum absolute atomic E-state index is 0.531. The van der Waals surface area contributed by atoms with Crippen LogP contribution in [0.5, 0.6) is 0 Å². The van der Waals surface area contributed by atoms with E-state index in [1.165, 1.54) is 10.1 Å². The highest BCUT2D eigenvalue weighted by molar-refractivity contribution is 7.80. The Morgan fingerprint density at radius 2 is 2.33 bits per heavy atom. The standard InChI is InChI=1S/C10H7N3S2/c14-9-5-12-3-7-6-1-2-11-4-8(6)15-10(7)13-9/h2-4H,1,5H2. The van der Waals surface area contributed by atoms with E-state index in [2.05, 4.69) is 15.0 Å². The molecule has 0 aliphatic carbocycles. The first kappa shape index (κ1) is 9.06. The number of aliphatic imine (C=N–C) groups is 2. The Bertz CT molecular complexity index is 607. The summed E-state index contributed by atoms with van der Waals surface area (Å²) >= 11 is 6.73. The number of rotatable bonds is 0. The maximum atomic E-state index is 5.09. The molecule has 0 aromatic carbocycles. The maximum absolute atomic E-state index is 5.09. The van der Waals surface area contributed by atoms with E-state index in [-0.39, 0.29) is 0 Å². The van der Waals surface area contributed by atoms with Crippen LogP contribution in [-0.4, -0.2) is 24.0 Å².